The number of carbonyl (C=O) groups excluding carboxylic acids is 2. The van der Waals surface area contributed by atoms with E-state index >= 15 is 0 Å². The number of nitrogens with zero attached hydrogens (tertiary/aromatic N) is 3. The Balaban J connectivity index is 1.53. The molecular formula is C18H21N5O3. The highest BCUT2D eigenvalue weighted by molar-refractivity contribution is 6.11. The summed E-state index contributed by atoms with van der Waals surface area (Å²) in [6, 6.07) is 6.75. The first-order chi connectivity index (χ1) is 12.5. The van der Waals surface area contributed by atoms with Gasteiger partial charge < -0.3 is 15.4 Å². The van der Waals surface area contributed by atoms with Gasteiger partial charge in [0.25, 0.3) is 0 Å². The first-order valence-electron chi connectivity index (χ1n) is 8.68. The first kappa shape index (κ1) is 16.4. The molecule has 0 saturated carbocycles. The molecule has 2 amide bonds. The summed E-state index contributed by atoms with van der Waals surface area (Å²) in [5.41, 5.74) is 2.03. The molecule has 8 heteroatoms. The van der Waals surface area contributed by atoms with Crippen LogP contribution in [-0.2, 0) is 16.1 Å². The van der Waals surface area contributed by atoms with Crippen LogP contribution in [0.5, 0.6) is 5.88 Å². The Labute approximate surface area is 151 Å². The van der Waals surface area contributed by atoms with E-state index in [1.54, 1.807) is 23.9 Å². The summed E-state index contributed by atoms with van der Waals surface area (Å²) in [5, 5.41) is 10.3. The lowest BCUT2D eigenvalue weighted by atomic mass is 10.1. The quantitative estimate of drug-likeness (QED) is 0.875. The number of anilines is 3. The SMILES string of the molecule is CC1COc2c(NC(C)C(=O)N3CC(=O)Nc4ccccc43)cnn2C1. The molecular weight excluding hydrogens is 334 g/mol. The average molecular weight is 355 g/mol. The van der Waals surface area contributed by atoms with E-state index in [0.29, 0.717) is 35.5 Å². The van der Waals surface area contributed by atoms with Crippen molar-refractivity contribution >= 4 is 28.9 Å². The number of nitrogens with one attached hydrogen (secondary N) is 2. The molecule has 1 aromatic carbocycles. The summed E-state index contributed by atoms with van der Waals surface area (Å²) >= 11 is 0. The molecule has 0 spiro atoms. The zero-order chi connectivity index (χ0) is 18.3. The monoisotopic (exact) mass is 355 g/mol. The first-order valence-corrected chi connectivity index (χ1v) is 8.68. The third kappa shape index (κ3) is 2.87. The summed E-state index contributed by atoms with van der Waals surface area (Å²) < 4.78 is 7.56. The summed E-state index contributed by atoms with van der Waals surface area (Å²) in [6.07, 6.45) is 1.67. The standard InChI is InChI=1S/C18H21N5O3/c1-11-8-23-18(26-10-11)14(7-19-23)20-12(2)17(25)22-9-16(24)21-13-5-3-4-6-15(13)22/h3-7,11-12,20H,8-10H2,1-2H3,(H,21,24). The third-order valence-electron chi connectivity index (χ3n) is 4.56. The number of amides is 2. The fourth-order valence-electron chi connectivity index (χ4n) is 3.28. The molecule has 4 rings (SSSR count). The number of para-hydroxylation sites is 2. The molecule has 2 aliphatic rings. The smallest absolute Gasteiger partial charge is 0.249 e. The van der Waals surface area contributed by atoms with Crippen LogP contribution in [0.25, 0.3) is 0 Å². The van der Waals surface area contributed by atoms with Crippen molar-refractivity contribution in [3.05, 3.63) is 30.5 Å². The van der Waals surface area contributed by atoms with Gasteiger partial charge in [0.2, 0.25) is 17.7 Å². The minimum absolute atomic E-state index is 0.00198. The summed E-state index contributed by atoms with van der Waals surface area (Å²) in [7, 11) is 0. The van der Waals surface area contributed by atoms with E-state index in [1.807, 2.05) is 18.2 Å². The van der Waals surface area contributed by atoms with E-state index in [9.17, 15) is 9.59 Å². The van der Waals surface area contributed by atoms with Gasteiger partial charge in [0.15, 0.2) is 0 Å². The van der Waals surface area contributed by atoms with Crippen molar-refractivity contribution in [2.24, 2.45) is 5.92 Å². The van der Waals surface area contributed by atoms with Crippen molar-refractivity contribution in [2.75, 3.05) is 28.7 Å². The molecule has 2 aromatic rings. The lowest BCUT2D eigenvalue weighted by Gasteiger charge is -2.31. The highest BCUT2D eigenvalue weighted by Crippen LogP contribution is 2.31. The number of hydrogen-bond donors (Lipinski definition) is 2. The van der Waals surface area contributed by atoms with Crippen molar-refractivity contribution < 1.29 is 14.3 Å². The third-order valence-corrected chi connectivity index (χ3v) is 4.56. The summed E-state index contributed by atoms with van der Waals surface area (Å²) in [6.45, 7) is 5.29. The van der Waals surface area contributed by atoms with E-state index in [2.05, 4.69) is 22.7 Å². The van der Waals surface area contributed by atoms with Crippen molar-refractivity contribution in [3.63, 3.8) is 0 Å². The van der Waals surface area contributed by atoms with Gasteiger partial charge in [0.1, 0.15) is 18.3 Å². The molecule has 2 N–H and O–H groups in total. The Morgan fingerprint density at radius 3 is 3.08 bits per heavy atom. The van der Waals surface area contributed by atoms with E-state index in [1.165, 1.54) is 4.90 Å². The molecule has 0 aliphatic carbocycles. The van der Waals surface area contributed by atoms with Gasteiger partial charge in [0, 0.05) is 5.92 Å². The zero-order valence-electron chi connectivity index (χ0n) is 14.7. The van der Waals surface area contributed by atoms with Crippen LogP contribution < -0.4 is 20.3 Å². The second-order valence-electron chi connectivity index (χ2n) is 6.82. The van der Waals surface area contributed by atoms with E-state index in [4.69, 9.17) is 4.74 Å². The minimum atomic E-state index is -0.536. The maximum atomic E-state index is 13.0. The second-order valence-corrected chi connectivity index (χ2v) is 6.82. The second kappa shape index (κ2) is 6.36. The molecule has 1 aromatic heterocycles. The zero-order valence-corrected chi connectivity index (χ0v) is 14.7. The maximum absolute atomic E-state index is 13.0. The van der Waals surface area contributed by atoms with Crippen LogP contribution in [0.4, 0.5) is 17.1 Å². The Hall–Kier alpha value is -3.03. The van der Waals surface area contributed by atoms with Crippen molar-refractivity contribution in [1.29, 1.82) is 0 Å². The minimum Gasteiger partial charge on any atom is -0.476 e. The van der Waals surface area contributed by atoms with Crippen LogP contribution in [0, 0.1) is 5.92 Å². The molecule has 0 radical (unpaired) electrons. The fraction of sp³-hybridized carbons (Fsp3) is 0.389. The van der Waals surface area contributed by atoms with Gasteiger partial charge in [-0.15, -0.1) is 0 Å². The van der Waals surface area contributed by atoms with Gasteiger partial charge in [0.05, 0.1) is 30.7 Å². The van der Waals surface area contributed by atoms with Crippen LogP contribution in [0.2, 0.25) is 0 Å². The lowest BCUT2D eigenvalue weighted by molar-refractivity contribution is -0.122. The molecule has 3 heterocycles. The number of aromatic nitrogens is 2. The Kier molecular flexibility index (Phi) is 4.02. The topological polar surface area (TPSA) is 88.5 Å². The normalized spacial score (nSPS) is 19.7. The number of fused-ring (bicyclic) bond motifs is 2. The molecule has 0 bridgehead atoms. The molecule has 26 heavy (non-hydrogen) atoms. The Morgan fingerprint density at radius 2 is 2.23 bits per heavy atom. The van der Waals surface area contributed by atoms with Crippen molar-refractivity contribution in [3.8, 4) is 5.88 Å². The highest BCUT2D eigenvalue weighted by Gasteiger charge is 2.30. The fourth-order valence-corrected chi connectivity index (χ4v) is 3.28. The molecule has 0 saturated heterocycles. The van der Waals surface area contributed by atoms with Crippen molar-refractivity contribution in [2.45, 2.75) is 26.4 Å². The number of carbonyl (C=O) groups is 2. The molecule has 136 valence electrons. The maximum Gasteiger partial charge on any atom is 0.249 e. The van der Waals surface area contributed by atoms with Gasteiger partial charge in [-0.2, -0.15) is 5.10 Å². The van der Waals surface area contributed by atoms with Gasteiger partial charge in [-0.1, -0.05) is 19.1 Å². The summed E-state index contributed by atoms with van der Waals surface area (Å²) in [4.78, 5) is 26.4. The van der Waals surface area contributed by atoms with E-state index in [0.717, 1.165) is 6.54 Å². The largest absolute Gasteiger partial charge is 0.476 e. The number of hydrogen-bond acceptors (Lipinski definition) is 5. The number of rotatable bonds is 3. The van der Waals surface area contributed by atoms with Gasteiger partial charge in [-0.3, -0.25) is 14.5 Å². The molecule has 2 atom stereocenters. The molecule has 8 nitrogen and oxygen atoms in total. The van der Waals surface area contributed by atoms with Crippen LogP contribution in [-0.4, -0.2) is 40.8 Å². The molecule has 2 unspecified atom stereocenters. The molecule has 2 aliphatic heterocycles. The van der Waals surface area contributed by atoms with Crippen LogP contribution in [0.1, 0.15) is 13.8 Å². The predicted octanol–water partition coefficient (Wildman–Crippen LogP) is 1.70. The number of benzene rings is 1. The lowest BCUT2D eigenvalue weighted by Crippen LogP contribution is -2.47. The van der Waals surface area contributed by atoms with Gasteiger partial charge in [-0.05, 0) is 19.1 Å². The van der Waals surface area contributed by atoms with Gasteiger partial charge in [-0.25, -0.2) is 4.68 Å². The van der Waals surface area contributed by atoms with Crippen molar-refractivity contribution in [1.82, 2.24) is 9.78 Å². The highest BCUT2D eigenvalue weighted by atomic mass is 16.5. The van der Waals surface area contributed by atoms with E-state index < -0.39 is 6.04 Å². The van der Waals surface area contributed by atoms with Crippen LogP contribution in [0.3, 0.4) is 0 Å². The Bertz CT molecular complexity index is 862. The van der Waals surface area contributed by atoms with E-state index in [-0.39, 0.29) is 18.4 Å². The van der Waals surface area contributed by atoms with Crippen LogP contribution in [0.15, 0.2) is 30.5 Å². The number of ether oxygens (including phenoxy) is 1. The summed E-state index contributed by atoms with van der Waals surface area (Å²) in [5.74, 6) is 0.665. The van der Waals surface area contributed by atoms with Crippen LogP contribution >= 0.6 is 0 Å². The predicted molar refractivity (Wildman–Crippen MR) is 97.4 cm³/mol. The van der Waals surface area contributed by atoms with Gasteiger partial charge >= 0.3 is 0 Å². The molecule has 0 fully saturated rings. The Morgan fingerprint density at radius 1 is 1.42 bits per heavy atom. The average Bonchev–Trinajstić information content (AvgIpc) is 3.02.